The van der Waals surface area contributed by atoms with Gasteiger partial charge in [-0.2, -0.15) is 5.10 Å². The van der Waals surface area contributed by atoms with Crippen molar-refractivity contribution in [2.75, 3.05) is 13.7 Å². The minimum atomic E-state index is 0.0514. The summed E-state index contributed by atoms with van der Waals surface area (Å²) in [6.45, 7) is 4.36. The van der Waals surface area contributed by atoms with Gasteiger partial charge in [0, 0.05) is 26.6 Å². The highest BCUT2D eigenvalue weighted by atomic mass is 16.5. The Morgan fingerprint density at radius 3 is 2.93 bits per heavy atom. The van der Waals surface area contributed by atoms with Crippen LogP contribution < -0.4 is 5.32 Å². The van der Waals surface area contributed by atoms with Crippen LogP contribution in [-0.4, -0.2) is 31.6 Å². The standard InChI is InChI=1S/C11H19N3O/c1-12-8-4-5-9-14(13-2)11-7-3-6-10-15-11/h4-5,8-9,11-12H,2-3,6-7,10H2,1H3/b8-4-,9-5+. The zero-order valence-electron chi connectivity index (χ0n) is 9.22. The Morgan fingerprint density at radius 1 is 1.47 bits per heavy atom. The second-order valence-electron chi connectivity index (χ2n) is 3.33. The third-order valence-corrected chi connectivity index (χ3v) is 2.23. The molecule has 1 aliphatic rings. The Balaban J connectivity index is 2.43. The summed E-state index contributed by atoms with van der Waals surface area (Å²) in [7, 11) is 1.86. The molecule has 1 saturated heterocycles. The first-order valence-corrected chi connectivity index (χ1v) is 5.25. The van der Waals surface area contributed by atoms with E-state index in [-0.39, 0.29) is 6.23 Å². The maximum atomic E-state index is 5.59. The highest BCUT2D eigenvalue weighted by Crippen LogP contribution is 2.16. The molecule has 4 heteroatoms. The molecule has 4 nitrogen and oxygen atoms in total. The second-order valence-corrected chi connectivity index (χ2v) is 3.33. The molecule has 1 rings (SSSR count). The van der Waals surface area contributed by atoms with Crippen LogP contribution in [0.5, 0.6) is 0 Å². The first-order valence-electron chi connectivity index (χ1n) is 5.25. The van der Waals surface area contributed by atoms with Gasteiger partial charge in [-0.15, -0.1) is 0 Å². The lowest BCUT2D eigenvalue weighted by atomic mass is 10.2. The van der Waals surface area contributed by atoms with Crippen LogP contribution in [0.15, 0.2) is 29.7 Å². The zero-order valence-corrected chi connectivity index (χ0v) is 9.22. The molecule has 0 bridgehead atoms. The van der Waals surface area contributed by atoms with Crippen LogP contribution in [0, 0.1) is 0 Å². The summed E-state index contributed by atoms with van der Waals surface area (Å²) in [5.74, 6) is 0. The van der Waals surface area contributed by atoms with Gasteiger partial charge in [0.15, 0.2) is 0 Å². The van der Waals surface area contributed by atoms with Gasteiger partial charge in [-0.1, -0.05) is 0 Å². The van der Waals surface area contributed by atoms with Crippen molar-refractivity contribution in [2.24, 2.45) is 5.10 Å². The number of hydrazone groups is 1. The van der Waals surface area contributed by atoms with Gasteiger partial charge in [0.25, 0.3) is 0 Å². The maximum absolute atomic E-state index is 5.59. The summed E-state index contributed by atoms with van der Waals surface area (Å²) in [5, 5.41) is 8.60. The maximum Gasteiger partial charge on any atom is 0.150 e. The molecule has 1 N–H and O–H groups in total. The highest BCUT2D eigenvalue weighted by molar-refractivity contribution is 5.23. The van der Waals surface area contributed by atoms with Crippen LogP contribution in [0.1, 0.15) is 19.3 Å². The molecule has 0 aromatic rings. The molecule has 1 unspecified atom stereocenters. The number of nitrogens with one attached hydrogen (secondary N) is 1. The van der Waals surface area contributed by atoms with E-state index in [0.29, 0.717) is 0 Å². The Bertz CT molecular complexity index is 232. The Kier molecular flexibility index (Phi) is 5.55. The molecular weight excluding hydrogens is 190 g/mol. The summed E-state index contributed by atoms with van der Waals surface area (Å²) in [6, 6.07) is 0. The minimum Gasteiger partial charge on any atom is -0.394 e. The van der Waals surface area contributed by atoms with Gasteiger partial charge in [-0.05, 0) is 37.6 Å². The van der Waals surface area contributed by atoms with Gasteiger partial charge < -0.3 is 10.1 Å². The number of rotatable bonds is 5. The van der Waals surface area contributed by atoms with Crippen LogP contribution in [0.2, 0.25) is 0 Å². The van der Waals surface area contributed by atoms with Crippen molar-refractivity contribution in [1.29, 1.82) is 0 Å². The number of hydrogen-bond acceptors (Lipinski definition) is 4. The monoisotopic (exact) mass is 209 g/mol. The quantitative estimate of drug-likeness (QED) is 0.425. The average Bonchev–Trinajstić information content (AvgIpc) is 2.30. The van der Waals surface area contributed by atoms with Crippen molar-refractivity contribution in [3.8, 4) is 0 Å². The second kappa shape index (κ2) is 7.06. The van der Waals surface area contributed by atoms with Crippen molar-refractivity contribution in [3.05, 3.63) is 24.6 Å². The van der Waals surface area contributed by atoms with Crippen molar-refractivity contribution < 1.29 is 4.74 Å². The SMILES string of the molecule is C=NN(/C=C/C=C\NC)C1CCCCO1. The van der Waals surface area contributed by atoms with E-state index in [1.165, 1.54) is 6.42 Å². The molecule has 0 amide bonds. The number of nitrogens with zero attached hydrogens (tertiary/aromatic N) is 2. The fourth-order valence-electron chi connectivity index (χ4n) is 1.46. The van der Waals surface area contributed by atoms with E-state index in [2.05, 4.69) is 17.1 Å². The van der Waals surface area contributed by atoms with Crippen molar-refractivity contribution in [2.45, 2.75) is 25.5 Å². The van der Waals surface area contributed by atoms with Crippen LogP contribution in [0.4, 0.5) is 0 Å². The smallest absolute Gasteiger partial charge is 0.150 e. The van der Waals surface area contributed by atoms with Gasteiger partial charge in [-0.3, -0.25) is 0 Å². The van der Waals surface area contributed by atoms with E-state index in [0.717, 1.165) is 19.4 Å². The number of allylic oxidation sites excluding steroid dienone is 2. The molecule has 84 valence electrons. The molecule has 0 spiro atoms. The van der Waals surface area contributed by atoms with Gasteiger partial charge in [0.2, 0.25) is 0 Å². The van der Waals surface area contributed by atoms with Gasteiger partial charge in [0.05, 0.1) is 0 Å². The molecule has 0 aromatic carbocycles. The minimum absolute atomic E-state index is 0.0514. The lowest BCUT2D eigenvalue weighted by Crippen LogP contribution is -2.32. The third kappa shape index (κ3) is 4.16. The average molecular weight is 209 g/mol. The summed E-state index contributed by atoms with van der Waals surface area (Å²) < 4.78 is 5.59. The summed E-state index contributed by atoms with van der Waals surface area (Å²) in [5.41, 5.74) is 0. The van der Waals surface area contributed by atoms with Crippen LogP contribution >= 0.6 is 0 Å². The predicted octanol–water partition coefficient (Wildman–Crippen LogP) is 1.68. The highest BCUT2D eigenvalue weighted by Gasteiger charge is 2.17. The van der Waals surface area contributed by atoms with E-state index < -0.39 is 0 Å². The van der Waals surface area contributed by atoms with Crippen LogP contribution in [-0.2, 0) is 4.74 Å². The van der Waals surface area contributed by atoms with Crippen molar-refractivity contribution in [1.82, 2.24) is 10.3 Å². The van der Waals surface area contributed by atoms with E-state index in [1.807, 2.05) is 31.6 Å². The van der Waals surface area contributed by atoms with E-state index in [1.54, 1.807) is 5.01 Å². The fraction of sp³-hybridized carbons (Fsp3) is 0.545. The number of hydrogen-bond donors (Lipinski definition) is 1. The lowest BCUT2D eigenvalue weighted by Gasteiger charge is -2.29. The summed E-state index contributed by atoms with van der Waals surface area (Å²) >= 11 is 0. The van der Waals surface area contributed by atoms with E-state index >= 15 is 0 Å². The molecule has 0 aliphatic carbocycles. The normalized spacial score (nSPS) is 22.1. The van der Waals surface area contributed by atoms with Gasteiger partial charge in [0.1, 0.15) is 6.23 Å². The number of ether oxygens (including phenoxy) is 1. The van der Waals surface area contributed by atoms with Crippen LogP contribution in [0.25, 0.3) is 0 Å². The van der Waals surface area contributed by atoms with Gasteiger partial charge >= 0.3 is 0 Å². The van der Waals surface area contributed by atoms with E-state index in [9.17, 15) is 0 Å². The Labute approximate surface area is 91.3 Å². The third-order valence-electron chi connectivity index (χ3n) is 2.23. The molecule has 1 heterocycles. The first kappa shape index (κ1) is 11.8. The molecule has 15 heavy (non-hydrogen) atoms. The Morgan fingerprint density at radius 2 is 2.33 bits per heavy atom. The first-order chi connectivity index (χ1) is 7.38. The molecule has 1 fully saturated rings. The van der Waals surface area contributed by atoms with Crippen LogP contribution in [0.3, 0.4) is 0 Å². The summed E-state index contributed by atoms with van der Waals surface area (Å²) in [6.07, 6.45) is 10.9. The molecular formula is C11H19N3O. The van der Waals surface area contributed by atoms with Gasteiger partial charge in [-0.25, -0.2) is 5.01 Å². The fourth-order valence-corrected chi connectivity index (χ4v) is 1.46. The lowest BCUT2D eigenvalue weighted by molar-refractivity contribution is -0.0645. The van der Waals surface area contributed by atoms with Crippen molar-refractivity contribution in [3.63, 3.8) is 0 Å². The Hall–Kier alpha value is -1.29. The topological polar surface area (TPSA) is 36.9 Å². The molecule has 1 atom stereocenters. The zero-order chi connectivity index (χ0) is 10.9. The van der Waals surface area contributed by atoms with Crippen molar-refractivity contribution >= 4 is 6.72 Å². The molecule has 0 saturated carbocycles. The molecule has 1 aliphatic heterocycles. The predicted molar refractivity (Wildman–Crippen MR) is 62.3 cm³/mol. The molecule has 0 aromatic heterocycles. The van der Waals surface area contributed by atoms with E-state index in [4.69, 9.17) is 4.74 Å². The summed E-state index contributed by atoms with van der Waals surface area (Å²) in [4.78, 5) is 0. The largest absolute Gasteiger partial charge is 0.394 e. The molecule has 0 radical (unpaired) electrons.